The molecule has 1 N–H and O–H groups in total. The van der Waals surface area contributed by atoms with Crippen molar-refractivity contribution in [2.75, 3.05) is 5.32 Å². The normalized spacial score (nSPS) is 11.0. The molecule has 4 rings (SSSR count). The van der Waals surface area contributed by atoms with Crippen molar-refractivity contribution in [2.24, 2.45) is 0 Å². The van der Waals surface area contributed by atoms with Crippen LogP contribution in [0.25, 0.3) is 16.9 Å². The molecule has 4 aromatic rings. The SMILES string of the molecule is Cc1ccc(-c2ccc3nn(CC(=O)Nc4cccc(Cl)c4)c(=O)n3n2)cc1C. The third kappa shape index (κ3) is 3.90. The number of nitrogens with one attached hydrogen (secondary N) is 1. The van der Waals surface area contributed by atoms with Crippen molar-refractivity contribution in [1.82, 2.24) is 19.4 Å². The summed E-state index contributed by atoms with van der Waals surface area (Å²) in [5, 5.41) is 11.8. The first kappa shape index (κ1) is 18.9. The van der Waals surface area contributed by atoms with E-state index in [1.54, 1.807) is 30.3 Å². The molecule has 0 aliphatic rings. The van der Waals surface area contributed by atoms with Gasteiger partial charge in [0.15, 0.2) is 5.65 Å². The van der Waals surface area contributed by atoms with Gasteiger partial charge in [-0.05, 0) is 61.4 Å². The predicted molar refractivity (Wildman–Crippen MR) is 112 cm³/mol. The van der Waals surface area contributed by atoms with E-state index in [2.05, 4.69) is 15.5 Å². The largest absolute Gasteiger partial charge is 0.367 e. The van der Waals surface area contributed by atoms with E-state index in [1.165, 1.54) is 10.1 Å². The average Bonchev–Trinajstić information content (AvgIpc) is 2.99. The molecule has 0 radical (unpaired) electrons. The molecule has 29 heavy (non-hydrogen) atoms. The first-order valence-electron chi connectivity index (χ1n) is 9.01. The highest BCUT2D eigenvalue weighted by atomic mass is 35.5. The van der Waals surface area contributed by atoms with E-state index in [-0.39, 0.29) is 12.5 Å². The van der Waals surface area contributed by atoms with E-state index >= 15 is 0 Å². The van der Waals surface area contributed by atoms with Gasteiger partial charge in [0.2, 0.25) is 5.91 Å². The zero-order valence-electron chi connectivity index (χ0n) is 15.9. The fraction of sp³-hybridized carbons (Fsp3) is 0.143. The van der Waals surface area contributed by atoms with Gasteiger partial charge in [-0.25, -0.2) is 9.48 Å². The molecule has 0 fully saturated rings. The van der Waals surface area contributed by atoms with Gasteiger partial charge in [-0.1, -0.05) is 29.8 Å². The number of benzene rings is 2. The van der Waals surface area contributed by atoms with Crippen molar-refractivity contribution in [1.29, 1.82) is 0 Å². The Morgan fingerprint density at radius 3 is 2.62 bits per heavy atom. The summed E-state index contributed by atoms with van der Waals surface area (Å²) in [6.07, 6.45) is 0. The summed E-state index contributed by atoms with van der Waals surface area (Å²) in [5.41, 5.74) is 4.34. The molecular formula is C21H18ClN5O2. The highest BCUT2D eigenvalue weighted by Gasteiger charge is 2.13. The van der Waals surface area contributed by atoms with Crippen molar-refractivity contribution in [3.05, 3.63) is 81.2 Å². The fourth-order valence-corrected chi connectivity index (χ4v) is 3.16. The van der Waals surface area contributed by atoms with Crippen molar-refractivity contribution in [3.63, 3.8) is 0 Å². The number of anilines is 1. The van der Waals surface area contributed by atoms with Crippen molar-refractivity contribution >= 4 is 28.8 Å². The summed E-state index contributed by atoms with van der Waals surface area (Å²) >= 11 is 5.92. The number of carbonyl (C=O) groups is 1. The highest BCUT2D eigenvalue weighted by molar-refractivity contribution is 6.30. The van der Waals surface area contributed by atoms with Crippen LogP contribution >= 0.6 is 11.6 Å². The molecule has 0 unspecified atom stereocenters. The van der Waals surface area contributed by atoms with E-state index in [4.69, 9.17) is 11.6 Å². The molecular weight excluding hydrogens is 390 g/mol. The van der Waals surface area contributed by atoms with E-state index < -0.39 is 5.69 Å². The molecule has 2 aromatic carbocycles. The van der Waals surface area contributed by atoms with Crippen LogP contribution in [0.15, 0.2) is 59.4 Å². The van der Waals surface area contributed by atoms with E-state index in [1.807, 2.05) is 38.1 Å². The second kappa shape index (κ2) is 7.52. The molecule has 2 heterocycles. The Hall–Kier alpha value is -3.45. The maximum Gasteiger partial charge on any atom is 0.367 e. The Morgan fingerprint density at radius 2 is 1.86 bits per heavy atom. The lowest BCUT2D eigenvalue weighted by Crippen LogP contribution is -2.28. The lowest BCUT2D eigenvalue weighted by Gasteiger charge is -2.04. The van der Waals surface area contributed by atoms with Crippen LogP contribution in [0.4, 0.5) is 5.69 Å². The van der Waals surface area contributed by atoms with Gasteiger partial charge in [-0.15, -0.1) is 5.10 Å². The Labute approximate surface area is 171 Å². The number of aromatic nitrogens is 4. The molecule has 0 atom stereocenters. The van der Waals surface area contributed by atoms with Gasteiger partial charge in [0.1, 0.15) is 6.54 Å². The quantitative estimate of drug-likeness (QED) is 0.561. The van der Waals surface area contributed by atoms with Crippen molar-refractivity contribution < 1.29 is 4.79 Å². The van der Waals surface area contributed by atoms with Crippen molar-refractivity contribution in [3.8, 4) is 11.3 Å². The molecule has 8 heteroatoms. The van der Waals surface area contributed by atoms with E-state index in [9.17, 15) is 9.59 Å². The standard InChI is InChI=1S/C21H18ClN5O2/c1-13-6-7-15(10-14(13)2)18-8-9-19-25-26(21(29)27(19)24-18)12-20(28)23-17-5-3-4-16(22)11-17/h3-11H,12H2,1-2H3,(H,23,28). The monoisotopic (exact) mass is 407 g/mol. The third-order valence-corrected chi connectivity index (χ3v) is 4.88. The second-order valence-electron chi connectivity index (χ2n) is 6.79. The highest BCUT2D eigenvalue weighted by Crippen LogP contribution is 2.20. The molecule has 0 aliphatic heterocycles. The molecule has 2 aromatic heterocycles. The molecule has 0 saturated carbocycles. The lowest BCUT2D eigenvalue weighted by atomic mass is 10.0. The Morgan fingerprint density at radius 1 is 1.03 bits per heavy atom. The van der Waals surface area contributed by atoms with Gasteiger partial charge < -0.3 is 5.32 Å². The van der Waals surface area contributed by atoms with E-state index in [0.29, 0.717) is 22.1 Å². The Balaban J connectivity index is 1.61. The number of aryl methyl sites for hydroxylation is 2. The minimum atomic E-state index is -0.480. The Kier molecular flexibility index (Phi) is 4.90. The van der Waals surface area contributed by atoms with Crippen LogP contribution in [0.2, 0.25) is 5.02 Å². The van der Waals surface area contributed by atoms with Gasteiger partial charge >= 0.3 is 5.69 Å². The van der Waals surface area contributed by atoms with Crippen LogP contribution < -0.4 is 11.0 Å². The van der Waals surface area contributed by atoms with Gasteiger partial charge in [-0.2, -0.15) is 9.61 Å². The summed E-state index contributed by atoms with van der Waals surface area (Å²) in [6.45, 7) is 3.84. The van der Waals surface area contributed by atoms with E-state index in [0.717, 1.165) is 15.8 Å². The van der Waals surface area contributed by atoms with Crippen LogP contribution in [0, 0.1) is 13.8 Å². The molecule has 0 aliphatic carbocycles. The zero-order chi connectivity index (χ0) is 20.5. The summed E-state index contributed by atoms with van der Waals surface area (Å²) in [4.78, 5) is 25.0. The Bertz CT molecular complexity index is 1290. The second-order valence-corrected chi connectivity index (χ2v) is 7.22. The molecule has 0 spiro atoms. The smallest absolute Gasteiger partial charge is 0.324 e. The minimum Gasteiger partial charge on any atom is -0.324 e. The molecule has 0 saturated heterocycles. The van der Waals surface area contributed by atoms with Gasteiger partial charge in [0.05, 0.1) is 5.69 Å². The number of halogens is 1. The van der Waals surface area contributed by atoms with Crippen LogP contribution in [0.5, 0.6) is 0 Å². The molecule has 0 bridgehead atoms. The minimum absolute atomic E-state index is 0.228. The number of rotatable bonds is 4. The summed E-state index contributed by atoms with van der Waals surface area (Å²) in [6, 6.07) is 16.3. The summed E-state index contributed by atoms with van der Waals surface area (Å²) in [5.74, 6) is -0.382. The van der Waals surface area contributed by atoms with Crippen molar-refractivity contribution in [2.45, 2.75) is 20.4 Å². The van der Waals surface area contributed by atoms with Crippen LogP contribution in [0.3, 0.4) is 0 Å². The van der Waals surface area contributed by atoms with Crippen LogP contribution in [-0.2, 0) is 11.3 Å². The zero-order valence-corrected chi connectivity index (χ0v) is 16.6. The number of fused-ring (bicyclic) bond motifs is 1. The van der Waals surface area contributed by atoms with Gasteiger partial charge in [-0.3, -0.25) is 4.79 Å². The van der Waals surface area contributed by atoms with Crippen LogP contribution in [0.1, 0.15) is 11.1 Å². The number of hydrogen-bond donors (Lipinski definition) is 1. The predicted octanol–water partition coefficient (Wildman–Crippen LogP) is 3.47. The number of hydrogen-bond acceptors (Lipinski definition) is 4. The molecule has 7 nitrogen and oxygen atoms in total. The fourth-order valence-electron chi connectivity index (χ4n) is 2.97. The molecule has 1 amide bonds. The first-order valence-corrected chi connectivity index (χ1v) is 9.38. The summed E-state index contributed by atoms with van der Waals surface area (Å²) in [7, 11) is 0. The topological polar surface area (TPSA) is 81.3 Å². The number of amides is 1. The first-order chi connectivity index (χ1) is 13.9. The summed E-state index contributed by atoms with van der Waals surface area (Å²) < 4.78 is 2.30. The van der Waals surface area contributed by atoms with Gasteiger partial charge in [0.25, 0.3) is 0 Å². The van der Waals surface area contributed by atoms with Crippen LogP contribution in [-0.4, -0.2) is 25.3 Å². The van der Waals surface area contributed by atoms with Gasteiger partial charge in [0, 0.05) is 16.3 Å². The maximum atomic E-state index is 12.7. The lowest BCUT2D eigenvalue weighted by molar-refractivity contribution is -0.117. The third-order valence-electron chi connectivity index (χ3n) is 4.64. The maximum absolute atomic E-state index is 12.7. The number of nitrogens with zero attached hydrogens (tertiary/aromatic N) is 4. The number of carbonyl (C=O) groups excluding carboxylic acids is 1. The molecule has 146 valence electrons. The average molecular weight is 408 g/mol.